The molecule has 0 aliphatic heterocycles. The van der Waals surface area contributed by atoms with E-state index >= 15 is 0 Å². The number of benzene rings is 1. The second-order valence-electron chi connectivity index (χ2n) is 4.46. The molecule has 0 saturated heterocycles. The topological polar surface area (TPSA) is 59.1 Å². The smallest absolute Gasteiger partial charge is 0.125 e. The fraction of sp³-hybridized carbons (Fsp3) is 0.308. The third-order valence-corrected chi connectivity index (χ3v) is 3.33. The van der Waals surface area contributed by atoms with Crippen LogP contribution < -0.4 is 5.73 Å². The second-order valence-corrected chi connectivity index (χ2v) is 4.46. The fourth-order valence-electron chi connectivity index (χ4n) is 2.50. The van der Waals surface area contributed by atoms with E-state index in [0.29, 0.717) is 23.0 Å². The molecular weight excluding hydrogens is 219 g/mol. The van der Waals surface area contributed by atoms with Crippen molar-refractivity contribution in [1.29, 1.82) is 0 Å². The number of aliphatic hydroxyl groups is 1. The van der Waals surface area contributed by atoms with Crippen molar-refractivity contribution in [3.8, 4) is 0 Å². The van der Waals surface area contributed by atoms with Crippen LogP contribution >= 0.6 is 0 Å². The SMILES string of the molecule is Nc1c2c(nc3cc(F)ccc13)CCC[C@H]2O. The molecule has 1 atom stereocenters. The van der Waals surface area contributed by atoms with Crippen LogP contribution in [-0.4, -0.2) is 10.1 Å². The average Bonchev–Trinajstić information content (AvgIpc) is 2.28. The minimum absolute atomic E-state index is 0.319. The number of pyridine rings is 1. The molecule has 0 unspecified atom stereocenters. The molecule has 17 heavy (non-hydrogen) atoms. The van der Waals surface area contributed by atoms with Gasteiger partial charge in [0, 0.05) is 28.4 Å². The van der Waals surface area contributed by atoms with Crippen LogP contribution in [0.3, 0.4) is 0 Å². The monoisotopic (exact) mass is 232 g/mol. The highest BCUT2D eigenvalue weighted by Crippen LogP contribution is 2.36. The number of nitrogens with zero attached hydrogens (tertiary/aromatic N) is 1. The second kappa shape index (κ2) is 3.67. The van der Waals surface area contributed by atoms with Crippen LogP contribution in [0.1, 0.15) is 30.2 Å². The molecule has 3 nitrogen and oxygen atoms in total. The summed E-state index contributed by atoms with van der Waals surface area (Å²) < 4.78 is 13.1. The van der Waals surface area contributed by atoms with Gasteiger partial charge in [-0.2, -0.15) is 0 Å². The number of aryl methyl sites for hydroxylation is 1. The summed E-state index contributed by atoms with van der Waals surface area (Å²) >= 11 is 0. The first-order valence-corrected chi connectivity index (χ1v) is 5.72. The Labute approximate surface area is 98.1 Å². The minimum atomic E-state index is -0.541. The lowest BCUT2D eigenvalue weighted by atomic mass is 9.90. The molecular formula is C13H13FN2O. The molecule has 0 fully saturated rings. The number of aromatic nitrogens is 1. The highest BCUT2D eigenvalue weighted by Gasteiger charge is 2.23. The Balaban J connectivity index is 2.35. The number of hydrogen-bond acceptors (Lipinski definition) is 3. The molecule has 88 valence electrons. The van der Waals surface area contributed by atoms with Gasteiger partial charge in [0.25, 0.3) is 0 Å². The lowest BCUT2D eigenvalue weighted by Crippen LogP contribution is -2.14. The van der Waals surface area contributed by atoms with Gasteiger partial charge in [0.05, 0.1) is 11.6 Å². The maximum Gasteiger partial charge on any atom is 0.125 e. The van der Waals surface area contributed by atoms with Gasteiger partial charge in [0.2, 0.25) is 0 Å². The summed E-state index contributed by atoms with van der Waals surface area (Å²) in [7, 11) is 0. The summed E-state index contributed by atoms with van der Waals surface area (Å²) in [5.41, 5.74) is 8.70. The summed E-state index contributed by atoms with van der Waals surface area (Å²) in [6.07, 6.45) is 1.86. The van der Waals surface area contributed by atoms with E-state index in [9.17, 15) is 9.50 Å². The number of nitrogens with two attached hydrogens (primary N) is 1. The van der Waals surface area contributed by atoms with E-state index in [1.165, 1.54) is 12.1 Å². The molecule has 1 aromatic carbocycles. The largest absolute Gasteiger partial charge is 0.398 e. The van der Waals surface area contributed by atoms with Gasteiger partial charge < -0.3 is 10.8 Å². The first kappa shape index (κ1) is 10.5. The summed E-state index contributed by atoms with van der Waals surface area (Å²) in [5.74, 6) is -0.319. The van der Waals surface area contributed by atoms with E-state index < -0.39 is 6.10 Å². The number of anilines is 1. The maximum absolute atomic E-state index is 13.1. The Hall–Kier alpha value is -1.68. The van der Waals surface area contributed by atoms with Crippen molar-refractivity contribution in [2.45, 2.75) is 25.4 Å². The fourth-order valence-corrected chi connectivity index (χ4v) is 2.50. The molecule has 0 amide bonds. The zero-order chi connectivity index (χ0) is 12.0. The predicted octanol–water partition coefficient (Wildman–Crippen LogP) is 2.33. The lowest BCUT2D eigenvalue weighted by molar-refractivity contribution is 0.156. The molecule has 2 aromatic rings. The average molecular weight is 232 g/mol. The Morgan fingerprint density at radius 3 is 3.06 bits per heavy atom. The minimum Gasteiger partial charge on any atom is -0.398 e. The normalized spacial score (nSPS) is 19.3. The number of aliphatic hydroxyl groups excluding tert-OH is 1. The van der Waals surface area contributed by atoms with Gasteiger partial charge in [-0.05, 0) is 31.4 Å². The van der Waals surface area contributed by atoms with E-state index in [2.05, 4.69) is 4.98 Å². The zero-order valence-corrected chi connectivity index (χ0v) is 9.28. The van der Waals surface area contributed by atoms with E-state index in [1.807, 2.05) is 0 Å². The highest BCUT2D eigenvalue weighted by molar-refractivity contribution is 5.92. The van der Waals surface area contributed by atoms with Crippen molar-refractivity contribution in [3.05, 3.63) is 35.3 Å². The van der Waals surface area contributed by atoms with Gasteiger partial charge in [-0.15, -0.1) is 0 Å². The van der Waals surface area contributed by atoms with Crippen LogP contribution in [0.25, 0.3) is 10.9 Å². The number of rotatable bonds is 0. The van der Waals surface area contributed by atoms with Gasteiger partial charge in [-0.1, -0.05) is 0 Å². The number of fused-ring (bicyclic) bond motifs is 2. The summed E-state index contributed by atoms with van der Waals surface area (Å²) in [5, 5.41) is 10.7. The molecule has 0 bridgehead atoms. The van der Waals surface area contributed by atoms with Gasteiger partial charge >= 0.3 is 0 Å². The third kappa shape index (κ3) is 1.56. The molecule has 1 heterocycles. The van der Waals surface area contributed by atoms with Gasteiger partial charge in [-0.3, -0.25) is 4.98 Å². The van der Waals surface area contributed by atoms with E-state index in [1.54, 1.807) is 6.07 Å². The Morgan fingerprint density at radius 2 is 2.24 bits per heavy atom. The standard InChI is InChI=1S/C13H13FN2O/c14-7-4-5-8-10(6-7)16-9-2-1-3-11(17)12(9)13(8)15/h4-6,11,17H,1-3H2,(H2,15,16)/t11-/m1/s1. The lowest BCUT2D eigenvalue weighted by Gasteiger charge is -2.23. The van der Waals surface area contributed by atoms with E-state index in [0.717, 1.165) is 24.1 Å². The van der Waals surface area contributed by atoms with Crippen molar-refractivity contribution in [2.75, 3.05) is 5.73 Å². The van der Waals surface area contributed by atoms with Gasteiger partial charge in [0.15, 0.2) is 0 Å². The van der Waals surface area contributed by atoms with Crippen LogP contribution in [0.2, 0.25) is 0 Å². The number of hydrogen-bond donors (Lipinski definition) is 2. The summed E-state index contributed by atoms with van der Waals surface area (Å²) in [6, 6.07) is 4.36. The number of nitrogen functional groups attached to an aromatic ring is 1. The van der Waals surface area contributed by atoms with E-state index in [-0.39, 0.29) is 5.82 Å². The molecule has 1 aliphatic rings. The first-order valence-electron chi connectivity index (χ1n) is 5.72. The Kier molecular flexibility index (Phi) is 2.26. The van der Waals surface area contributed by atoms with Crippen molar-refractivity contribution < 1.29 is 9.50 Å². The number of halogens is 1. The molecule has 0 radical (unpaired) electrons. The van der Waals surface area contributed by atoms with Crippen molar-refractivity contribution in [3.63, 3.8) is 0 Å². The van der Waals surface area contributed by atoms with Crippen LogP contribution in [0, 0.1) is 5.82 Å². The van der Waals surface area contributed by atoms with Crippen LogP contribution in [-0.2, 0) is 6.42 Å². The molecule has 0 spiro atoms. The summed E-state index contributed by atoms with van der Waals surface area (Å²) in [6.45, 7) is 0. The predicted molar refractivity (Wildman–Crippen MR) is 64.0 cm³/mol. The van der Waals surface area contributed by atoms with E-state index in [4.69, 9.17) is 5.73 Å². The molecule has 4 heteroatoms. The quantitative estimate of drug-likeness (QED) is 0.732. The molecule has 0 saturated carbocycles. The Bertz CT molecular complexity index is 597. The van der Waals surface area contributed by atoms with Gasteiger partial charge in [0.1, 0.15) is 5.82 Å². The molecule has 3 N–H and O–H groups in total. The first-order chi connectivity index (χ1) is 8.16. The molecule has 1 aromatic heterocycles. The van der Waals surface area contributed by atoms with Crippen molar-refractivity contribution in [1.82, 2.24) is 4.98 Å². The maximum atomic E-state index is 13.1. The zero-order valence-electron chi connectivity index (χ0n) is 9.28. The molecule has 1 aliphatic carbocycles. The highest BCUT2D eigenvalue weighted by atomic mass is 19.1. The third-order valence-electron chi connectivity index (χ3n) is 3.33. The van der Waals surface area contributed by atoms with Crippen LogP contribution in [0.4, 0.5) is 10.1 Å². The van der Waals surface area contributed by atoms with Crippen molar-refractivity contribution >= 4 is 16.6 Å². The Morgan fingerprint density at radius 1 is 1.41 bits per heavy atom. The van der Waals surface area contributed by atoms with Crippen LogP contribution in [0.5, 0.6) is 0 Å². The van der Waals surface area contributed by atoms with Crippen LogP contribution in [0.15, 0.2) is 18.2 Å². The molecule has 3 rings (SSSR count). The van der Waals surface area contributed by atoms with Gasteiger partial charge in [-0.25, -0.2) is 4.39 Å². The summed E-state index contributed by atoms with van der Waals surface area (Å²) in [4.78, 5) is 4.41. The van der Waals surface area contributed by atoms with Crippen molar-refractivity contribution in [2.24, 2.45) is 0 Å².